The Bertz CT molecular complexity index is 693. The van der Waals surface area contributed by atoms with Gasteiger partial charge in [0, 0.05) is 5.56 Å². The van der Waals surface area contributed by atoms with Gasteiger partial charge in [-0.25, -0.2) is 0 Å². The first-order valence-corrected chi connectivity index (χ1v) is 7.94. The molecule has 1 aromatic rings. The standard InChI is InChI=1S/C18H18N2O3/c1-23-14-5-3-2-4-13(14)10-19-20-17(21)15-11-6-7-12(9-8-11)16(15)18(20)22/h2-7,10-12,15-16H,8-9H2,1H3/b19-10-/t11-,12-,15-,16+/m1/s1. The summed E-state index contributed by atoms with van der Waals surface area (Å²) in [4.78, 5) is 25.3. The maximum atomic E-state index is 12.6. The van der Waals surface area contributed by atoms with E-state index < -0.39 is 0 Å². The van der Waals surface area contributed by atoms with E-state index >= 15 is 0 Å². The molecule has 3 aliphatic carbocycles. The molecule has 0 N–H and O–H groups in total. The molecule has 2 amide bonds. The van der Waals surface area contributed by atoms with Gasteiger partial charge in [0.15, 0.2) is 0 Å². The van der Waals surface area contributed by atoms with Crippen molar-refractivity contribution in [2.45, 2.75) is 12.8 Å². The molecule has 1 aromatic carbocycles. The second-order valence-corrected chi connectivity index (χ2v) is 6.32. The fourth-order valence-electron chi connectivity index (χ4n) is 4.07. The summed E-state index contributed by atoms with van der Waals surface area (Å²) in [5, 5.41) is 5.26. The first-order valence-electron chi connectivity index (χ1n) is 7.94. The van der Waals surface area contributed by atoms with Gasteiger partial charge >= 0.3 is 0 Å². The number of imide groups is 1. The van der Waals surface area contributed by atoms with Crippen LogP contribution in [-0.2, 0) is 9.59 Å². The van der Waals surface area contributed by atoms with E-state index in [1.165, 1.54) is 6.21 Å². The van der Waals surface area contributed by atoms with Gasteiger partial charge in [-0.1, -0.05) is 24.3 Å². The number of methoxy groups -OCH3 is 1. The molecule has 4 aliphatic rings. The van der Waals surface area contributed by atoms with Gasteiger partial charge < -0.3 is 4.74 Å². The number of amides is 2. The molecule has 1 saturated carbocycles. The first-order chi connectivity index (χ1) is 11.2. The fraction of sp³-hybridized carbons (Fsp3) is 0.389. The summed E-state index contributed by atoms with van der Waals surface area (Å²) in [6.45, 7) is 0. The highest BCUT2D eigenvalue weighted by molar-refractivity contribution is 6.06. The zero-order valence-corrected chi connectivity index (χ0v) is 12.9. The molecule has 4 atom stereocenters. The number of ether oxygens (including phenoxy) is 1. The highest BCUT2D eigenvalue weighted by Crippen LogP contribution is 2.49. The van der Waals surface area contributed by atoms with Crippen LogP contribution in [0.5, 0.6) is 5.75 Å². The Morgan fingerprint density at radius 3 is 2.26 bits per heavy atom. The molecule has 2 bridgehead atoms. The molecule has 1 saturated heterocycles. The lowest BCUT2D eigenvalue weighted by molar-refractivity contribution is -0.140. The number of benzene rings is 1. The monoisotopic (exact) mass is 310 g/mol. The van der Waals surface area contributed by atoms with Crippen LogP contribution in [0.2, 0.25) is 0 Å². The Hall–Kier alpha value is -2.43. The van der Waals surface area contributed by atoms with Crippen molar-refractivity contribution in [3.05, 3.63) is 42.0 Å². The number of para-hydroxylation sites is 1. The highest BCUT2D eigenvalue weighted by atomic mass is 16.5. The van der Waals surface area contributed by atoms with E-state index in [0.717, 1.165) is 23.4 Å². The number of hydrogen-bond acceptors (Lipinski definition) is 4. The van der Waals surface area contributed by atoms with Gasteiger partial charge in [0.1, 0.15) is 5.75 Å². The summed E-state index contributed by atoms with van der Waals surface area (Å²) >= 11 is 0. The topological polar surface area (TPSA) is 59.0 Å². The molecule has 1 heterocycles. The third-order valence-electron chi connectivity index (χ3n) is 5.19. The fourth-order valence-corrected chi connectivity index (χ4v) is 4.07. The van der Waals surface area contributed by atoms with Crippen LogP contribution in [0.4, 0.5) is 0 Å². The zero-order valence-electron chi connectivity index (χ0n) is 12.9. The van der Waals surface area contributed by atoms with Gasteiger partial charge in [0.2, 0.25) is 0 Å². The van der Waals surface area contributed by atoms with Crippen molar-refractivity contribution in [1.29, 1.82) is 0 Å². The SMILES string of the molecule is COc1ccccc1/C=N\N1C(=O)[C@@H]2[C@H](C1=O)[C@@H]1C=C[C@@H]2CC1. The largest absolute Gasteiger partial charge is 0.496 e. The van der Waals surface area contributed by atoms with Gasteiger partial charge in [0.25, 0.3) is 11.8 Å². The molecule has 0 aromatic heterocycles. The second kappa shape index (κ2) is 5.33. The number of hydrazone groups is 1. The van der Waals surface area contributed by atoms with E-state index in [2.05, 4.69) is 17.3 Å². The maximum absolute atomic E-state index is 12.6. The third-order valence-corrected chi connectivity index (χ3v) is 5.19. The van der Waals surface area contributed by atoms with Crippen molar-refractivity contribution in [1.82, 2.24) is 5.01 Å². The van der Waals surface area contributed by atoms with Gasteiger partial charge in [-0.15, -0.1) is 0 Å². The molecule has 0 spiro atoms. The Morgan fingerprint density at radius 2 is 1.70 bits per heavy atom. The number of nitrogens with zero attached hydrogens (tertiary/aromatic N) is 2. The normalized spacial score (nSPS) is 32.0. The second-order valence-electron chi connectivity index (χ2n) is 6.32. The summed E-state index contributed by atoms with van der Waals surface area (Å²) in [5.41, 5.74) is 0.742. The maximum Gasteiger partial charge on any atom is 0.254 e. The molecule has 23 heavy (non-hydrogen) atoms. The van der Waals surface area contributed by atoms with Crippen LogP contribution in [0.3, 0.4) is 0 Å². The molecular weight excluding hydrogens is 292 g/mol. The Balaban J connectivity index is 1.62. The number of hydrogen-bond donors (Lipinski definition) is 0. The van der Waals surface area contributed by atoms with Crippen molar-refractivity contribution < 1.29 is 14.3 Å². The summed E-state index contributed by atoms with van der Waals surface area (Å²) in [6, 6.07) is 7.38. The lowest BCUT2D eigenvalue weighted by Gasteiger charge is -2.37. The average Bonchev–Trinajstić information content (AvgIpc) is 2.87. The minimum Gasteiger partial charge on any atom is -0.496 e. The average molecular weight is 310 g/mol. The molecule has 0 unspecified atom stereocenters. The third kappa shape index (κ3) is 2.11. The van der Waals surface area contributed by atoms with Crippen LogP contribution in [0, 0.1) is 23.7 Å². The number of fused-ring (bicyclic) bond motifs is 1. The first kappa shape index (κ1) is 14.2. The molecule has 1 aliphatic heterocycles. The predicted molar refractivity (Wildman–Crippen MR) is 84.8 cm³/mol. The molecule has 5 nitrogen and oxygen atoms in total. The van der Waals surface area contributed by atoms with Crippen molar-refractivity contribution in [3.63, 3.8) is 0 Å². The molecule has 5 heteroatoms. The predicted octanol–water partition coefficient (Wildman–Crippen LogP) is 2.23. The zero-order chi connectivity index (χ0) is 16.0. The van der Waals surface area contributed by atoms with E-state index in [9.17, 15) is 9.59 Å². The van der Waals surface area contributed by atoms with E-state index in [1.54, 1.807) is 7.11 Å². The van der Waals surface area contributed by atoms with Crippen LogP contribution < -0.4 is 4.74 Å². The number of allylic oxidation sites excluding steroid dienone is 2. The summed E-state index contributed by atoms with van der Waals surface area (Å²) < 4.78 is 5.26. The summed E-state index contributed by atoms with van der Waals surface area (Å²) in [6.07, 6.45) is 7.72. The van der Waals surface area contributed by atoms with Crippen LogP contribution in [0.1, 0.15) is 18.4 Å². The Morgan fingerprint density at radius 1 is 1.09 bits per heavy atom. The summed E-state index contributed by atoms with van der Waals surface area (Å²) in [7, 11) is 1.58. The minimum atomic E-state index is -0.221. The molecule has 0 radical (unpaired) electrons. The number of carbonyl (C=O) groups excluding carboxylic acids is 2. The van der Waals surface area contributed by atoms with Crippen molar-refractivity contribution in [2.75, 3.05) is 7.11 Å². The van der Waals surface area contributed by atoms with E-state index in [-0.39, 0.29) is 35.5 Å². The van der Waals surface area contributed by atoms with E-state index in [4.69, 9.17) is 4.74 Å². The molecule has 2 fully saturated rings. The summed E-state index contributed by atoms with van der Waals surface area (Å²) in [5.74, 6) is 0.271. The van der Waals surface area contributed by atoms with Crippen molar-refractivity contribution in [3.8, 4) is 5.75 Å². The van der Waals surface area contributed by atoms with Gasteiger partial charge in [-0.05, 0) is 36.8 Å². The van der Waals surface area contributed by atoms with Crippen LogP contribution in [-0.4, -0.2) is 30.1 Å². The van der Waals surface area contributed by atoms with Crippen molar-refractivity contribution >= 4 is 18.0 Å². The van der Waals surface area contributed by atoms with E-state index in [1.807, 2.05) is 24.3 Å². The number of carbonyl (C=O) groups is 2. The van der Waals surface area contributed by atoms with Gasteiger partial charge in [-0.2, -0.15) is 10.1 Å². The van der Waals surface area contributed by atoms with E-state index in [0.29, 0.717) is 5.75 Å². The quantitative estimate of drug-likeness (QED) is 0.489. The molecular formula is C18H18N2O3. The van der Waals surface area contributed by atoms with Gasteiger partial charge in [-0.3, -0.25) is 9.59 Å². The minimum absolute atomic E-state index is 0.162. The smallest absolute Gasteiger partial charge is 0.254 e. The van der Waals surface area contributed by atoms with Gasteiger partial charge in [0.05, 0.1) is 25.2 Å². The van der Waals surface area contributed by atoms with Crippen LogP contribution in [0.15, 0.2) is 41.5 Å². The Labute approximate surface area is 134 Å². The lowest BCUT2D eigenvalue weighted by Crippen LogP contribution is -2.38. The Kier molecular flexibility index (Phi) is 3.29. The lowest BCUT2D eigenvalue weighted by atomic mass is 9.63. The van der Waals surface area contributed by atoms with Crippen LogP contribution in [0.25, 0.3) is 0 Å². The highest BCUT2D eigenvalue weighted by Gasteiger charge is 2.56. The number of rotatable bonds is 3. The van der Waals surface area contributed by atoms with Crippen LogP contribution >= 0.6 is 0 Å². The molecule has 5 rings (SSSR count). The molecule has 118 valence electrons. The van der Waals surface area contributed by atoms with Crippen molar-refractivity contribution in [2.24, 2.45) is 28.8 Å².